The Balaban J connectivity index is 1.93. The Hall–Kier alpha value is -1.45. The van der Waals surface area contributed by atoms with E-state index in [0.717, 1.165) is 15.0 Å². The summed E-state index contributed by atoms with van der Waals surface area (Å²) in [5, 5.41) is 1.17. The van der Waals surface area contributed by atoms with Gasteiger partial charge in [0.05, 0.1) is 15.0 Å². The van der Waals surface area contributed by atoms with Crippen molar-refractivity contribution < 1.29 is 0 Å². The molecule has 2 aromatic heterocycles. The molecule has 0 bridgehead atoms. The van der Waals surface area contributed by atoms with Crippen molar-refractivity contribution in [2.45, 2.75) is 0 Å². The highest BCUT2D eigenvalue weighted by Crippen LogP contribution is 2.23. The topological polar surface area (TPSA) is 12.9 Å². The maximum Gasteiger partial charge on any atom is 0.0709 e. The quantitative estimate of drug-likeness (QED) is 0.631. The van der Waals surface area contributed by atoms with Gasteiger partial charge < -0.3 is 0 Å². The third kappa shape index (κ3) is 2.52. The van der Waals surface area contributed by atoms with Gasteiger partial charge in [-0.1, -0.05) is 24.3 Å². The summed E-state index contributed by atoms with van der Waals surface area (Å²) in [5.74, 6) is 0. The molecule has 0 atom stereocenters. The van der Waals surface area contributed by atoms with Crippen LogP contribution in [0.4, 0.5) is 0 Å². The fourth-order valence-electron chi connectivity index (χ4n) is 1.76. The largest absolute Gasteiger partial charge is 0.248 e. The first-order chi connectivity index (χ1) is 8.81. The zero-order valence-corrected chi connectivity index (χ0v) is 11.9. The predicted octanol–water partition coefficient (Wildman–Crippen LogP) is 5.23. The van der Waals surface area contributed by atoms with Crippen molar-refractivity contribution in [2.75, 3.05) is 0 Å². The second-order valence-corrected chi connectivity index (χ2v) is 6.40. The Bertz CT molecular complexity index is 715. The fourth-order valence-corrected chi connectivity index (χ4v) is 3.09. The molecule has 0 amide bonds. The Morgan fingerprint density at radius 1 is 0.944 bits per heavy atom. The van der Waals surface area contributed by atoms with Gasteiger partial charge in [0.1, 0.15) is 0 Å². The number of hydrogen-bond donors (Lipinski definition) is 0. The van der Waals surface area contributed by atoms with Crippen LogP contribution in [0, 0.1) is 0 Å². The third-order valence-electron chi connectivity index (χ3n) is 2.63. The molecular weight excluding hydrogens is 306 g/mol. The molecule has 3 aromatic rings. The summed E-state index contributed by atoms with van der Waals surface area (Å²) in [4.78, 5) is 5.82. The van der Waals surface area contributed by atoms with Crippen LogP contribution in [-0.4, -0.2) is 4.98 Å². The minimum absolute atomic E-state index is 0.984. The molecule has 1 nitrogen and oxygen atoms in total. The van der Waals surface area contributed by atoms with Crippen molar-refractivity contribution in [3.63, 3.8) is 0 Å². The van der Waals surface area contributed by atoms with Gasteiger partial charge in [0.25, 0.3) is 0 Å². The molecule has 0 N–H and O–H groups in total. The van der Waals surface area contributed by atoms with Gasteiger partial charge in [-0.05, 0) is 52.3 Å². The Morgan fingerprint density at radius 2 is 1.83 bits per heavy atom. The van der Waals surface area contributed by atoms with Crippen LogP contribution in [0.2, 0.25) is 0 Å². The number of aromatic nitrogens is 1. The summed E-state index contributed by atoms with van der Waals surface area (Å²) in [6.45, 7) is 0. The number of halogens is 1. The summed E-state index contributed by atoms with van der Waals surface area (Å²) in [5.41, 5.74) is 2.02. The molecule has 0 unspecified atom stereocenters. The van der Waals surface area contributed by atoms with E-state index in [2.05, 4.69) is 51.3 Å². The minimum Gasteiger partial charge on any atom is -0.248 e. The van der Waals surface area contributed by atoms with Crippen LogP contribution in [-0.2, 0) is 0 Å². The lowest BCUT2D eigenvalue weighted by molar-refractivity contribution is 1.37. The molecule has 2 heterocycles. The molecule has 0 radical (unpaired) electrons. The average Bonchev–Trinajstić information content (AvgIpc) is 2.82. The molecule has 18 heavy (non-hydrogen) atoms. The summed E-state index contributed by atoms with van der Waals surface area (Å²) in [6, 6.07) is 16.4. The lowest BCUT2D eigenvalue weighted by Gasteiger charge is -1.97. The highest BCUT2D eigenvalue weighted by atomic mass is 79.9. The first-order valence-corrected chi connectivity index (χ1v) is 7.21. The van der Waals surface area contributed by atoms with Crippen molar-refractivity contribution in [3.8, 4) is 0 Å². The second-order valence-electron chi connectivity index (χ2n) is 3.90. The molecule has 0 aliphatic rings. The number of pyridine rings is 1. The van der Waals surface area contributed by atoms with Gasteiger partial charge in [-0.2, -0.15) is 0 Å². The number of thiophene rings is 1. The molecule has 0 aliphatic carbocycles. The number of benzene rings is 1. The minimum atomic E-state index is 0.984. The van der Waals surface area contributed by atoms with Crippen LogP contribution in [0.15, 0.2) is 52.3 Å². The van der Waals surface area contributed by atoms with Gasteiger partial charge in [0, 0.05) is 10.3 Å². The molecule has 3 heteroatoms. The maximum absolute atomic E-state index is 4.60. The van der Waals surface area contributed by atoms with E-state index in [9.17, 15) is 0 Å². The predicted molar refractivity (Wildman–Crippen MR) is 82.7 cm³/mol. The monoisotopic (exact) mass is 315 g/mol. The van der Waals surface area contributed by atoms with Gasteiger partial charge in [-0.3, -0.25) is 0 Å². The first-order valence-electron chi connectivity index (χ1n) is 5.60. The van der Waals surface area contributed by atoms with Crippen LogP contribution in [0.5, 0.6) is 0 Å². The van der Waals surface area contributed by atoms with E-state index in [1.165, 1.54) is 10.3 Å². The normalized spacial score (nSPS) is 11.4. The van der Waals surface area contributed by atoms with E-state index >= 15 is 0 Å². The Morgan fingerprint density at radius 3 is 2.67 bits per heavy atom. The second kappa shape index (κ2) is 5.04. The van der Waals surface area contributed by atoms with Gasteiger partial charge >= 0.3 is 0 Å². The first kappa shape index (κ1) is 11.6. The smallest absolute Gasteiger partial charge is 0.0709 e. The summed E-state index contributed by atoms with van der Waals surface area (Å²) >= 11 is 5.17. The Kier molecular flexibility index (Phi) is 3.26. The standard InChI is InChI=1S/C15H10BrNS/c16-15-10-9-13(18-15)8-7-12-6-5-11-3-1-2-4-14(11)17-12/h1-10H/b8-7+. The van der Waals surface area contributed by atoms with E-state index < -0.39 is 0 Å². The van der Waals surface area contributed by atoms with E-state index in [-0.39, 0.29) is 0 Å². The molecule has 0 spiro atoms. The number of nitrogens with zero attached hydrogens (tertiary/aromatic N) is 1. The van der Waals surface area contributed by atoms with Crippen LogP contribution >= 0.6 is 27.3 Å². The van der Waals surface area contributed by atoms with Crippen molar-refractivity contribution >= 4 is 50.3 Å². The lowest BCUT2D eigenvalue weighted by atomic mass is 10.2. The zero-order chi connectivity index (χ0) is 12.4. The maximum atomic E-state index is 4.60. The van der Waals surface area contributed by atoms with E-state index in [1.807, 2.05) is 30.3 Å². The van der Waals surface area contributed by atoms with E-state index in [0.29, 0.717) is 0 Å². The Labute approximate surface area is 118 Å². The van der Waals surface area contributed by atoms with E-state index in [4.69, 9.17) is 0 Å². The highest BCUT2D eigenvalue weighted by Gasteiger charge is 1.96. The average molecular weight is 316 g/mol. The summed E-state index contributed by atoms with van der Waals surface area (Å²) < 4.78 is 1.15. The van der Waals surface area contributed by atoms with Crippen LogP contribution < -0.4 is 0 Å². The van der Waals surface area contributed by atoms with Crippen molar-refractivity contribution in [1.29, 1.82) is 0 Å². The van der Waals surface area contributed by atoms with Crippen LogP contribution in [0.25, 0.3) is 23.1 Å². The zero-order valence-electron chi connectivity index (χ0n) is 9.51. The number of hydrogen-bond acceptors (Lipinski definition) is 2. The number of rotatable bonds is 2. The third-order valence-corrected chi connectivity index (χ3v) is 4.22. The van der Waals surface area contributed by atoms with Crippen LogP contribution in [0.1, 0.15) is 10.6 Å². The van der Waals surface area contributed by atoms with Gasteiger partial charge in [0.15, 0.2) is 0 Å². The summed E-state index contributed by atoms with van der Waals surface area (Å²) in [7, 11) is 0. The number of para-hydroxylation sites is 1. The fraction of sp³-hybridized carbons (Fsp3) is 0. The van der Waals surface area contributed by atoms with Gasteiger partial charge in [-0.25, -0.2) is 4.98 Å². The molecule has 88 valence electrons. The van der Waals surface area contributed by atoms with Gasteiger partial charge in [0.2, 0.25) is 0 Å². The highest BCUT2D eigenvalue weighted by molar-refractivity contribution is 9.11. The summed E-state index contributed by atoms with van der Waals surface area (Å²) in [6.07, 6.45) is 4.14. The number of fused-ring (bicyclic) bond motifs is 1. The molecule has 0 saturated carbocycles. The molecular formula is C15H10BrNS. The molecule has 0 aliphatic heterocycles. The molecule has 3 rings (SSSR count). The SMILES string of the molecule is Brc1ccc(/C=C/c2ccc3ccccc3n2)s1. The van der Waals surface area contributed by atoms with Crippen molar-refractivity contribution in [3.05, 3.63) is 62.9 Å². The van der Waals surface area contributed by atoms with Gasteiger partial charge in [-0.15, -0.1) is 11.3 Å². The van der Waals surface area contributed by atoms with Crippen molar-refractivity contribution in [2.24, 2.45) is 0 Å². The van der Waals surface area contributed by atoms with Crippen LogP contribution in [0.3, 0.4) is 0 Å². The molecule has 0 saturated heterocycles. The van der Waals surface area contributed by atoms with E-state index in [1.54, 1.807) is 11.3 Å². The molecule has 1 aromatic carbocycles. The molecule has 0 fully saturated rings. The lowest BCUT2D eigenvalue weighted by Crippen LogP contribution is -1.81. The van der Waals surface area contributed by atoms with Crippen molar-refractivity contribution in [1.82, 2.24) is 4.98 Å².